The third-order valence-corrected chi connectivity index (χ3v) is 4.93. The van der Waals surface area contributed by atoms with Gasteiger partial charge in [0.05, 0.1) is 0 Å². The van der Waals surface area contributed by atoms with E-state index >= 15 is 0 Å². The van der Waals surface area contributed by atoms with Crippen molar-refractivity contribution in [1.29, 1.82) is 0 Å². The van der Waals surface area contributed by atoms with Crippen LogP contribution in [0.1, 0.15) is 93.1 Å². The number of nitrogens with zero attached hydrogens (tertiary/aromatic N) is 1. The molecule has 0 aromatic carbocycles. The van der Waals surface area contributed by atoms with Gasteiger partial charge in [-0.3, -0.25) is 9.78 Å². The molecule has 0 spiro atoms. The largest absolute Gasteiger partial charge is 0.298 e. The normalized spacial score (nSPS) is 22.1. The van der Waals surface area contributed by atoms with Crippen LogP contribution in [0.3, 0.4) is 0 Å². The lowest BCUT2D eigenvalue weighted by molar-refractivity contribution is 0.112. The van der Waals surface area contributed by atoms with Crippen LogP contribution in [0.2, 0.25) is 0 Å². The predicted octanol–water partition coefficient (Wildman–Crippen LogP) is 5.53. The Morgan fingerprint density at radius 1 is 1.10 bits per heavy atom. The van der Waals surface area contributed by atoms with Gasteiger partial charge in [-0.05, 0) is 43.7 Å². The predicted molar refractivity (Wildman–Crippen MR) is 87.7 cm³/mol. The van der Waals surface area contributed by atoms with E-state index < -0.39 is 0 Å². The first kappa shape index (κ1) is 16.2. The van der Waals surface area contributed by atoms with Gasteiger partial charge in [-0.2, -0.15) is 0 Å². The van der Waals surface area contributed by atoms with E-state index in [0.29, 0.717) is 11.5 Å². The minimum atomic E-state index is 0.613. The number of carbonyl (C=O) groups excluding carboxylic acids is 1. The average Bonchev–Trinajstić information content (AvgIpc) is 2.55. The Kier molecular flexibility index (Phi) is 6.91. The van der Waals surface area contributed by atoms with Crippen LogP contribution < -0.4 is 0 Å². The summed E-state index contributed by atoms with van der Waals surface area (Å²) in [5.41, 5.74) is 1.86. The molecule has 1 aromatic rings. The van der Waals surface area contributed by atoms with Gasteiger partial charge in [0.2, 0.25) is 0 Å². The van der Waals surface area contributed by atoms with Crippen LogP contribution in [0.25, 0.3) is 0 Å². The summed E-state index contributed by atoms with van der Waals surface area (Å²) in [6, 6.07) is 3.94. The number of carbonyl (C=O) groups is 1. The summed E-state index contributed by atoms with van der Waals surface area (Å²) in [4.78, 5) is 15.1. The quantitative estimate of drug-likeness (QED) is 0.465. The number of unbranched alkanes of at least 4 members (excludes halogenated alkanes) is 4. The summed E-state index contributed by atoms with van der Waals surface area (Å²) in [6.07, 6.45) is 16.2. The van der Waals surface area contributed by atoms with Crippen LogP contribution in [0, 0.1) is 5.92 Å². The van der Waals surface area contributed by atoms with Gasteiger partial charge in [0, 0.05) is 23.4 Å². The second-order valence-electron chi connectivity index (χ2n) is 6.55. The molecule has 2 rings (SSSR count). The van der Waals surface area contributed by atoms with Gasteiger partial charge in [-0.15, -0.1) is 0 Å². The molecule has 0 unspecified atom stereocenters. The van der Waals surface area contributed by atoms with Gasteiger partial charge in [0.15, 0.2) is 6.29 Å². The van der Waals surface area contributed by atoms with Crippen molar-refractivity contribution >= 4 is 6.29 Å². The first-order chi connectivity index (χ1) is 10.3. The van der Waals surface area contributed by atoms with Crippen molar-refractivity contribution in [3.05, 3.63) is 29.6 Å². The Morgan fingerprint density at radius 3 is 2.48 bits per heavy atom. The SMILES string of the molecule is CCCCCCCC1CCC(c2ccc(C=O)cn2)CC1. The number of pyridine rings is 1. The second-order valence-corrected chi connectivity index (χ2v) is 6.55. The molecular formula is C19H29NO. The maximum Gasteiger partial charge on any atom is 0.151 e. The number of hydrogen-bond acceptors (Lipinski definition) is 2. The van der Waals surface area contributed by atoms with Gasteiger partial charge in [0.1, 0.15) is 0 Å². The molecule has 1 aliphatic rings. The topological polar surface area (TPSA) is 30.0 Å². The van der Waals surface area contributed by atoms with E-state index in [0.717, 1.165) is 12.2 Å². The van der Waals surface area contributed by atoms with Crippen molar-refractivity contribution in [1.82, 2.24) is 4.98 Å². The summed E-state index contributed by atoms with van der Waals surface area (Å²) >= 11 is 0. The van der Waals surface area contributed by atoms with Gasteiger partial charge in [-0.1, -0.05) is 45.4 Å². The number of aldehydes is 1. The second kappa shape index (κ2) is 8.96. The van der Waals surface area contributed by atoms with Gasteiger partial charge >= 0.3 is 0 Å². The van der Waals surface area contributed by atoms with Crippen LogP contribution in [0.4, 0.5) is 0 Å². The van der Waals surface area contributed by atoms with Crippen molar-refractivity contribution in [3.8, 4) is 0 Å². The number of rotatable bonds is 8. The molecular weight excluding hydrogens is 258 g/mol. The molecule has 1 heterocycles. The maximum absolute atomic E-state index is 10.7. The average molecular weight is 287 g/mol. The standard InChI is InChI=1S/C19H29NO/c1-2-3-4-5-6-7-16-8-11-18(12-9-16)19-13-10-17(15-21)14-20-19/h10,13-16,18H,2-9,11-12H2,1H3. The monoisotopic (exact) mass is 287 g/mol. The van der Waals surface area contributed by atoms with Crippen LogP contribution in [-0.2, 0) is 0 Å². The molecule has 2 heteroatoms. The first-order valence-corrected chi connectivity index (χ1v) is 8.74. The summed E-state index contributed by atoms with van der Waals surface area (Å²) in [5.74, 6) is 1.55. The molecule has 116 valence electrons. The zero-order chi connectivity index (χ0) is 14.9. The molecule has 1 fully saturated rings. The molecule has 0 N–H and O–H groups in total. The fourth-order valence-corrected chi connectivity index (χ4v) is 3.51. The zero-order valence-electron chi connectivity index (χ0n) is 13.4. The number of aromatic nitrogens is 1. The summed E-state index contributed by atoms with van der Waals surface area (Å²) in [7, 11) is 0. The van der Waals surface area contributed by atoms with E-state index in [1.165, 1.54) is 69.9 Å². The van der Waals surface area contributed by atoms with Crippen LogP contribution in [0.15, 0.2) is 18.3 Å². The lowest BCUT2D eigenvalue weighted by atomic mass is 9.78. The van der Waals surface area contributed by atoms with Crippen molar-refractivity contribution < 1.29 is 4.79 Å². The third kappa shape index (κ3) is 5.26. The highest BCUT2D eigenvalue weighted by Gasteiger charge is 2.22. The van der Waals surface area contributed by atoms with E-state index in [9.17, 15) is 4.79 Å². The minimum absolute atomic E-state index is 0.613. The van der Waals surface area contributed by atoms with E-state index in [-0.39, 0.29) is 0 Å². The van der Waals surface area contributed by atoms with Gasteiger partial charge in [-0.25, -0.2) is 0 Å². The molecule has 0 atom stereocenters. The van der Waals surface area contributed by atoms with Gasteiger partial charge < -0.3 is 0 Å². The van der Waals surface area contributed by atoms with Crippen LogP contribution in [0.5, 0.6) is 0 Å². The van der Waals surface area contributed by atoms with E-state index in [4.69, 9.17) is 0 Å². The highest BCUT2D eigenvalue weighted by molar-refractivity contribution is 5.73. The lowest BCUT2D eigenvalue weighted by Crippen LogP contribution is -2.14. The minimum Gasteiger partial charge on any atom is -0.298 e. The smallest absolute Gasteiger partial charge is 0.151 e. The Balaban J connectivity index is 1.68. The van der Waals surface area contributed by atoms with Crippen LogP contribution >= 0.6 is 0 Å². The van der Waals surface area contributed by atoms with Crippen LogP contribution in [-0.4, -0.2) is 11.3 Å². The Morgan fingerprint density at radius 2 is 1.86 bits per heavy atom. The third-order valence-electron chi connectivity index (χ3n) is 4.93. The number of hydrogen-bond donors (Lipinski definition) is 0. The van der Waals surface area contributed by atoms with Gasteiger partial charge in [0.25, 0.3) is 0 Å². The Bertz CT molecular complexity index is 404. The van der Waals surface area contributed by atoms with E-state index in [1.54, 1.807) is 6.20 Å². The Hall–Kier alpha value is -1.18. The Labute approximate surface area is 129 Å². The molecule has 1 aliphatic carbocycles. The van der Waals surface area contributed by atoms with E-state index in [1.807, 2.05) is 12.1 Å². The summed E-state index contributed by atoms with van der Waals surface area (Å²) in [5, 5.41) is 0. The van der Waals surface area contributed by atoms with Crippen molar-refractivity contribution in [2.24, 2.45) is 5.92 Å². The molecule has 1 aromatic heterocycles. The van der Waals surface area contributed by atoms with Crippen molar-refractivity contribution in [2.45, 2.75) is 77.0 Å². The molecule has 1 saturated carbocycles. The molecule has 21 heavy (non-hydrogen) atoms. The fourth-order valence-electron chi connectivity index (χ4n) is 3.51. The zero-order valence-corrected chi connectivity index (χ0v) is 13.4. The molecule has 0 amide bonds. The first-order valence-electron chi connectivity index (χ1n) is 8.74. The van der Waals surface area contributed by atoms with E-state index in [2.05, 4.69) is 11.9 Å². The summed E-state index contributed by atoms with van der Waals surface area (Å²) < 4.78 is 0. The molecule has 0 radical (unpaired) electrons. The molecule has 0 saturated heterocycles. The highest BCUT2D eigenvalue weighted by Crippen LogP contribution is 2.37. The highest BCUT2D eigenvalue weighted by atomic mass is 16.1. The molecule has 0 bridgehead atoms. The lowest BCUT2D eigenvalue weighted by Gasteiger charge is -2.28. The van der Waals surface area contributed by atoms with Crippen molar-refractivity contribution in [3.63, 3.8) is 0 Å². The molecule has 0 aliphatic heterocycles. The summed E-state index contributed by atoms with van der Waals surface area (Å²) in [6.45, 7) is 2.27. The fraction of sp³-hybridized carbons (Fsp3) is 0.684. The molecule has 2 nitrogen and oxygen atoms in total. The van der Waals surface area contributed by atoms with Crippen molar-refractivity contribution in [2.75, 3.05) is 0 Å². The maximum atomic E-state index is 10.7.